The Hall–Kier alpha value is -1.73. The van der Waals surface area contributed by atoms with Gasteiger partial charge in [-0.25, -0.2) is 0 Å². The summed E-state index contributed by atoms with van der Waals surface area (Å²) >= 11 is 0. The summed E-state index contributed by atoms with van der Waals surface area (Å²) in [6, 6.07) is 7.63. The van der Waals surface area contributed by atoms with Crippen LogP contribution in [-0.4, -0.2) is 13.7 Å². The Labute approximate surface area is 95.6 Å². The minimum Gasteiger partial charge on any atom is -0.497 e. The Morgan fingerprint density at radius 3 is 2.88 bits per heavy atom. The predicted octanol–water partition coefficient (Wildman–Crippen LogP) is 1.84. The molecule has 0 spiro atoms. The number of methoxy groups -OCH3 is 1. The standard InChI is InChI=1S/C12H16N2O2/c1-15-11-5-4-10(9-14)12(8-11)16-7-3-2-6-13/h4-5,8H,2-3,7,9,14H2,1H3. The second kappa shape index (κ2) is 6.70. The molecule has 0 aliphatic carbocycles. The molecule has 0 radical (unpaired) electrons. The van der Waals surface area contributed by atoms with E-state index in [9.17, 15) is 0 Å². The van der Waals surface area contributed by atoms with E-state index >= 15 is 0 Å². The molecule has 86 valence electrons. The van der Waals surface area contributed by atoms with Gasteiger partial charge in [0, 0.05) is 24.6 Å². The molecule has 0 heterocycles. The van der Waals surface area contributed by atoms with E-state index in [2.05, 4.69) is 6.07 Å². The van der Waals surface area contributed by atoms with Gasteiger partial charge in [0.05, 0.1) is 19.8 Å². The van der Waals surface area contributed by atoms with Crippen molar-refractivity contribution in [3.8, 4) is 17.6 Å². The lowest BCUT2D eigenvalue weighted by molar-refractivity contribution is 0.307. The first kappa shape index (κ1) is 12.3. The molecule has 0 unspecified atom stereocenters. The van der Waals surface area contributed by atoms with Gasteiger partial charge < -0.3 is 15.2 Å². The van der Waals surface area contributed by atoms with Crippen LogP contribution in [0.25, 0.3) is 0 Å². The Kier molecular flexibility index (Phi) is 5.17. The molecule has 0 aliphatic rings. The third kappa shape index (κ3) is 3.44. The van der Waals surface area contributed by atoms with Gasteiger partial charge in [0.25, 0.3) is 0 Å². The number of benzene rings is 1. The summed E-state index contributed by atoms with van der Waals surface area (Å²) in [6.45, 7) is 0.950. The minimum atomic E-state index is 0.428. The lowest BCUT2D eigenvalue weighted by Crippen LogP contribution is -2.04. The SMILES string of the molecule is COc1ccc(CN)c(OCCCC#N)c1. The lowest BCUT2D eigenvalue weighted by atomic mass is 10.2. The smallest absolute Gasteiger partial charge is 0.127 e. The highest BCUT2D eigenvalue weighted by Gasteiger charge is 2.04. The summed E-state index contributed by atoms with van der Waals surface area (Å²) in [5.74, 6) is 1.48. The minimum absolute atomic E-state index is 0.428. The molecule has 0 aromatic heterocycles. The fraction of sp³-hybridized carbons (Fsp3) is 0.417. The first-order chi connectivity index (χ1) is 7.81. The topological polar surface area (TPSA) is 68.3 Å². The van der Waals surface area contributed by atoms with E-state index in [1.165, 1.54) is 0 Å². The molecule has 2 N–H and O–H groups in total. The van der Waals surface area contributed by atoms with Gasteiger partial charge in [-0.1, -0.05) is 6.07 Å². The first-order valence-corrected chi connectivity index (χ1v) is 5.18. The molecule has 1 rings (SSSR count). The van der Waals surface area contributed by atoms with Gasteiger partial charge in [-0.3, -0.25) is 0 Å². The van der Waals surface area contributed by atoms with Crippen molar-refractivity contribution in [3.05, 3.63) is 23.8 Å². The van der Waals surface area contributed by atoms with Gasteiger partial charge in [0.2, 0.25) is 0 Å². The van der Waals surface area contributed by atoms with Crippen molar-refractivity contribution in [2.45, 2.75) is 19.4 Å². The van der Waals surface area contributed by atoms with E-state index in [0.29, 0.717) is 19.6 Å². The number of ether oxygens (including phenoxy) is 2. The van der Waals surface area contributed by atoms with Gasteiger partial charge in [0.1, 0.15) is 11.5 Å². The summed E-state index contributed by atoms with van der Waals surface area (Å²) in [5, 5.41) is 8.40. The van der Waals surface area contributed by atoms with Gasteiger partial charge in [0.15, 0.2) is 0 Å². The highest BCUT2D eigenvalue weighted by atomic mass is 16.5. The lowest BCUT2D eigenvalue weighted by Gasteiger charge is -2.11. The second-order valence-electron chi connectivity index (χ2n) is 3.29. The summed E-state index contributed by atoms with van der Waals surface area (Å²) in [4.78, 5) is 0. The maximum atomic E-state index is 8.40. The molecule has 0 saturated carbocycles. The summed E-state index contributed by atoms with van der Waals surface area (Å²) < 4.78 is 10.7. The highest BCUT2D eigenvalue weighted by molar-refractivity contribution is 5.40. The van der Waals surface area contributed by atoms with Crippen molar-refractivity contribution in [3.63, 3.8) is 0 Å². The molecule has 1 aromatic carbocycles. The summed E-state index contributed by atoms with van der Waals surface area (Å²) in [6.07, 6.45) is 1.22. The molecular weight excluding hydrogens is 204 g/mol. The van der Waals surface area contributed by atoms with Crippen LogP contribution in [0.2, 0.25) is 0 Å². The third-order valence-electron chi connectivity index (χ3n) is 2.18. The van der Waals surface area contributed by atoms with Crippen molar-refractivity contribution >= 4 is 0 Å². The van der Waals surface area contributed by atoms with Crippen LogP contribution in [0, 0.1) is 11.3 Å². The predicted molar refractivity (Wildman–Crippen MR) is 61.2 cm³/mol. The molecule has 0 bridgehead atoms. The van der Waals surface area contributed by atoms with Crippen LogP contribution in [0.3, 0.4) is 0 Å². The van der Waals surface area contributed by atoms with E-state index in [4.69, 9.17) is 20.5 Å². The average molecular weight is 220 g/mol. The van der Waals surface area contributed by atoms with Gasteiger partial charge in [-0.2, -0.15) is 5.26 Å². The molecular formula is C12H16N2O2. The number of rotatable bonds is 6. The zero-order valence-electron chi connectivity index (χ0n) is 9.40. The van der Waals surface area contributed by atoms with Crippen molar-refractivity contribution in [1.82, 2.24) is 0 Å². The zero-order chi connectivity index (χ0) is 11.8. The highest BCUT2D eigenvalue weighted by Crippen LogP contribution is 2.24. The molecule has 4 heteroatoms. The van der Waals surface area contributed by atoms with Crippen LogP contribution in [0.4, 0.5) is 0 Å². The van der Waals surface area contributed by atoms with Gasteiger partial charge >= 0.3 is 0 Å². The van der Waals surface area contributed by atoms with Crippen molar-refractivity contribution in [2.24, 2.45) is 5.73 Å². The Morgan fingerprint density at radius 1 is 1.44 bits per heavy atom. The molecule has 0 amide bonds. The normalized spacial score (nSPS) is 9.56. The Bertz CT molecular complexity index is 372. The van der Waals surface area contributed by atoms with Crippen LogP contribution >= 0.6 is 0 Å². The molecule has 0 atom stereocenters. The van der Waals surface area contributed by atoms with E-state index in [1.807, 2.05) is 18.2 Å². The van der Waals surface area contributed by atoms with Crippen molar-refractivity contribution < 1.29 is 9.47 Å². The molecule has 16 heavy (non-hydrogen) atoms. The van der Waals surface area contributed by atoms with Crippen LogP contribution in [0.5, 0.6) is 11.5 Å². The molecule has 4 nitrogen and oxygen atoms in total. The van der Waals surface area contributed by atoms with Gasteiger partial charge in [-0.05, 0) is 12.5 Å². The van der Waals surface area contributed by atoms with Crippen LogP contribution in [-0.2, 0) is 6.54 Å². The number of hydrogen-bond donors (Lipinski definition) is 1. The summed E-state index contributed by atoms with van der Waals surface area (Å²) in [7, 11) is 1.61. The third-order valence-corrected chi connectivity index (χ3v) is 2.18. The van der Waals surface area contributed by atoms with E-state index in [-0.39, 0.29) is 0 Å². The Morgan fingerprint density at radius 2 is 2.25 bits per heavy atom. The second-order valence-corrected chi connectivity index (χ2v) is 3.29. The maximum absolute atomic E-state index is 8.40. The fourth-order valence-corrected chi connectivity index (χ4v) is 1.30. The van der Waals surface area contributed by atoms with Crippen LogP contribution in [0.1, 0.15) is 18.4 Å². The molecule has 0 fully saturated rings. The number of hydrogen-bond acceptors (Lipinski definition) is 4. The van der Waals surface area contributed by atoms with E-state index in [0.717, 1.165) is 23.5 Å². The number of nitrogens with two attached hydrogens (primary N) is 1. The number of unbranched alkanes of at least 4 members (excludes halogenated alkanes) is 1. The molecule has 0 aliphatic heterocycles. The summed E-state index contributed by atoms with van der Waals surface area (Å²) in [5.41, 5.74) is 6.54. The van der Waals surface area contributed by atoms with E-state index in [1.54, 1.807) is 7.11 Å². The van der Waals surface area contributed by atoms with Gasteiger partial charge in [-0.15, -0.1) is 0 Å². The van der Waals surface area contributed by atoms with Crippen LogP contribution in [0.15, 0.2) is 18.2 Å². The zero-order valence-corrected chi connectivity index (χ0v) is 9.40. The van der Waals surface area contributed by atoms with Crippen LogP contribution < -0.4 is 15.2 Å². The molecule has 0 saturated heterocycles. The number of nitrogens with zero attached hydrogens (tertiary/aromatic N) is 1. The number of nitriles is 1. The maximum Gasteiger partial charge on any atom is 0.127 e. The average Bonchev–Trinajstić information content (AvgIpc) is 2.34. The van der Waals surface area contributed by atoms with Crippen molar-refractivity contribution in [2.75, 3.05) is 13.7 Å². The Balaban J connectivity index is 2.64. The molecule has 1 aromatic rings. The quantitative estimate of drug-likeness (QED) is 0.743. The van der Waals surface area contributed by atoms with Crippen molar-refractivity contribution in [1.29, 1.82) is 5.26 Å². The fourth-order valence-electron chi connectivity index (χ4n) is 1.30. The monoisotopic (exact) mass is 220 g/mol. The van der Waals surface area contributed by atoms with E-state index < -0.39 is 0 Å². The largest absolute Gasteiger partial charge is 0.497 e. The first-order valence-electron chi connectivity index (χ1n) is 5.18.